The minimum Gasteiger partial charge on any atom is -0.491 e. The highest BCUT2D eigenvalue weighted by Gasteiger charge is 2.19. The highest BCUT2D eigenvalue weighted by molar-refractivity contribution is 5.80. The van der Waals surface area contributed by atoms with E-state index in [1.807, 2.05) is 19.9 Å². The van der Waals surface area contributed by atoms with E-state index in [9.17, 15) is 9.90 Å². The predicted molar refractivity (Wildman–Crippen MR) is 78.5 cm³/mol. The standard InChI is InChI=1S/C15H21N3O3/c1-10(2)14(15(17)20)18-8-12(19)9-21-13-5-3-4-11(6-13)7-16/h3-6,10,12,14,18-19H,8-9H2,1-2H3,(H2,17,20). The van der Waals surface area contributed by atoms with Gasteiger partial charge in [-0.1, -0.05) is 19.9 Å². The zero-order valence-electron chi connectivity index (χ0n) is 12.2. The Bertz CT molecular complexity index is 511. The molecule has 0 heterocycles. The summed E-state index contributed by atoms with van der Waals surface area (Å²) in [7, 11) is 0. The Hall–Kier alpha value is -2.10. The number of nitriles is 1. The number of rotatable bonds is 8. The first-order valence-electron chi connectivity index (χ1n) is 6.77. The summed E-state index contributed by atoms with van der Waals surface area (Å²) in [5.41, 5.74) is 5.77. The van der Waals surface area contributed by atoms with Crippen LogP contribution in [0.5, 0.6) is 5.75 Å². The molecule has 0 bridgehead atoms. The smallest absolute Gasteiger partial charge is 0.234 e. The molecule has 0 radical (unpaired) electrons. The summed E-state index contributed by atoms with van der Waals surface area (Å²) in [6, 6.07) is 8.22. The van der Waals surface area contributed by atoms with E-state index in [-0.39, 0.29) is 19.1 Å². The van der Waals surface area contributed by atoms with Crippen molar-refractivity contribution in [1.29, 1.82) is 5.26 Å². The van der Waals surface area contributed by atoms with Crippen molar-refractivity contribution in [2.45, 2.75) is 26.0 Å². The van der Waals surface area contributed by atoms with Gasteiger partial charge in [0.1, 0.15) is 18.5 Å². The molecule has 21 heavy (non-hydrogen) atoms. The average Bonchev–Trinajstić information content (AvgIpc) is 2.44. The van der Waals surface area contributed by atoms with Crippen LogP contribution in [-0.4, -0.2) is 36.3 Å². The van der Waals surface area contributed by atoms with Crippen molar-refractivity contribution >= 4 is 5.91 Å². The molecular formula is C15H21N3O3. The minimum absolute atomic E-state index is 0.0444. The molecule has 0 aliphatic carbocycles. The van der Waals surface area contributed by atoms with E-state index in [0.717, 1.165) is 0 Å². The van der Waals surface area contributed by atoms with Crippen LogP contribution < -0.4 is 15.8 Å². The van der Waals surface area contributed by atoms with Crippen LogP contribution in [0.2, 0.25) is 0 Å². The molecule has 0 aromatic heterocycles. The summed E-state index contributed by atoms with van der Waals surface area (Å²) in [5, 5.41) is 21.5. The second-order valence-electron chi connectivity index (χ2n) is 5.14. The summed E-state index contributed by atoms with van der Waals surface area (Å²) in [6.07, 6.45) is -0.781. The second kappa shape index (κ2) is 8.25. The third-order valence-electron chi connectivity index (χ3n) is 2.95. The average molecular weight is 291 g/mol. The molecule has 1 aromatic rings. The SMILES string of the molecule is CC(C)C(NCC(O)COc1cccc(C#N)c1)C(N)=O. The number of ether oxygens (including phenoxy) is 1. The van der Waals surface area contributed by atoms with Gasteiger partial charge in [0, 0.05) is 6.54 Å². The Morgan fingerprint density at radius 2 is 2.24 bits per heavy atom. The summed E-state index contributed by atoms with van der Waals surface area (Å²) in [6.45, 7) is 4.01. The summed E-state index contributed by atoms with van der Waals surface area (Å²) >= 11 is 0. The molecule has 0 fully saturated rings. The molecule has 2 unspecified atom stereocenters. The van der Waals surface area contributed by atoms with E-state index in [4.69, 9.17) is 15.7 Å². The third-order valence-corrected chi connectivity index (χ3v) is 2.95. The Kier molecular flexibility index (Phi) is 6.66. The van der Waals surface area contributed by atoms with Crippen molar-refractivity contribution < 1.29 is 14.6 Å². The summed E-state index contributed by atoms with van der Waals surface area (Å²) in [5.74, 6) is 0.117. The lowest BCUT2D eigenvalue weighted by Crippen LogP contribution is -2.48. The van der Waals surface area contributed by atoms with Gasteiger partial charge in [-0.25, -0.2) is 0 Å². The maximum atomic E-state index is 11.2. The summed E-state index contributed by atoms with van der Waals surface area (Å²) in [4.78, 5) is 11.2. The maximum Gasteiger partial charge on any atom is 0.234 e. The number of benzene rings is 1. The van der Waals surface area contributed by atoms with Crippen molar-refractivity contribution in [2.75, 3.05) is 13.2 Å². The molecule has 1 aromatic carbocycles. The van der Waals surface area contributed by atoms with Crippen molar-refractivity contribution in [3.8, 4) is 11.8 Å². The normalized spacial score (nSPS) is 13.5. The number of carbonyl (C=O) groups is 1. The van der Waals surface area contributed by atoms with E-state index in [1.54, 1.807) is 24.3 Å². The lowest BCUT2D eigenvalue weighted by atomic mass is 10.0. The molecule has 6 nitrogen and oxygen atoms in total. The van der Waals surface area contributed by atoms with E-state index in [0.29, 0.717) is 11.3 Å². The van der Waals surface area contributed by atoms with E-state index < -0.39 is 18.1 Å². The Labute approximate surface area is 124 Å². The van der Waals surface area contributed by atoms with Gasteiger partial charge in [-0.05, 0) is 24.1 Å². The van der Waals surface area contributed by atoms with Gasteiger partial charge in [0.15, 0.2) is 0 Å². The maximum absolute atomic E-state index is 11.2. The van der Waals surface area contributed by atoms with Gasteiger partial charge in [-0.15, -0.1) is 0 Å². The highest BCUT2D eigenvalue weighted by atomic mass is 16.5. The number of aliphatic hydroxyl groups excluding tert-OH is 1. The number of hydrogen-bond acceptors (Lipinski definition) is 5. The monoisotopic (exact) mass is 291 g/mol. The quantitative estimate of drug-likeness (QED) is 0.642. The molecule has 0 spiro atoms. The van der Waals surface area contributed by atoms with Crippen molar-refractivity contribution in [1.82, 2.24) is 5.32 Å². The van der Waals surface area contributed by atoms with Crippen LogP contribution in [-0.2, 0) is 4.79 Å². The third kappa shape index (κ3) is 5.81. The Morgan fingerprint density at radius 3 is 2.81 bits per heavy atom. The number of amides is 1. The van der Waals surface area contributed by atoms with Gasteiger partial charge in [-0.3, -0.25) is 4.79 Å². The largest absolute Gasteiger partial charge is 0.491 e. The van der Waals surface area contributed by atoms with Gasteiger partial charge in [-0.2, -0.15) is 5.26 Å². The number of hydrogen-bond donors (Lipinski definition) is 3. The number of nitrogens with one attached hydrogen (secondary N) is 1. The predicted octanol–water partition coefficient (Wildman–Crippen LogP) is 0.397. The van der Waals surface area contributed by atoms with Crippen LogP contribution in [0.1, 0.15) is 19.4 Å². The molecule has 2 atom stereocenters. The Morgan fingerprint density at radius 1 is 1.52 bits per heavy atom. The first kappa shape index (κ1) is 17.0. The lowest BCUT2D eigenvalue weighted by Gasteiger charge is -2.21. The Balaban J connectivity index is 2.42. The number of primary amides is 1. The molecular weight excluding hydrogens is 270 g/mol. The molecule has 0 aliphatic heterocycles. The number of nitrogens with zero attached hydrogens (tertiary/aromatic N) is 1. The second-order valence-corrected chi connectivity index (χ2v) is 5.14. The van der Waals surface area contributed by atoms with Crippen LogP contribution in [0.25, 0.3) is 0 Å². The van der Waals surface area contributed by atoms with Gasteiger partial charge in [0.05, 0.1) is 17.7 Å². The molecule has 1 rings (SSSR count). The van der Waals surface area contributed by atoms with Crippen LogP contribution in [0.3, 0.4) is 0 Å². The molecule has 0 saturated heterocycles. The van der Waals surface area contributed by atoms with Crippen LogP contribution in [0.15, 0.2) is 24.3 Å². The zero-order chi connectivity index (χ0) is 15.8. The number of nitrogens with two attached hydrogens (primary N) is 1. The van der Waals surface area contributed by atoms with Gasteiger partial charge in [0.2, 0.25) is 5.91 Å². The molecule has 114 valence electrons. The molecule has 0 saturated carbocycles. The zero-order valence-corrected chi connectivity index (χ0v) is 12.2. The first-order valence-corrected chi connectivity index (χ1v) is 6.77. The van der Waals surface area contributed by atoms with E-state index in [1.165, 1.54) is 0 Å². The molecule has 0 aliphatic rings. The van der Waals surface area contributed by atoms with Gasteiger partial charge < -0.3 is 20.9 Å². The molecule has 4 N–H and O–H groups in total. The number of aliphatic hydroxyl groups is 1. The van der Waals surface area contributed by atoms with Gasteiger partial charge >= 0.3 is 0 Å². The van der Waals surface area contributed by atoms with E-state index in [2.05, 4.69) is 5.32 Å². The van der Waals surface area contributed by atoms with Crippen LogP contribution in [0.4, 0.5) is 0 Å². The lowest BCUT2D eigenvalue weighted by molar-refractivity contribution is -0.121. The minimum atomic E-state index is -0.781. The molecule has 1 amide bonds. The first-order chi connectivity index (χ1) is 9.93. The topological polar surface area (TPSA) is 108 Å². The number of carbonyl (C=O) groups excluding carboxylic acids is 1. The van der Waals surface area contributed by atoms with E-state index >= 15 is 0 Å². The fraction of sp³-hybridized carbons (Fsp3) is 0.467. The highest BCUT2D eigenvalue weighted by Crippen LogP contribution is 2.12. The molecule has 6 heteroatoms. The van der Waals surface area contributed by atoms with Crippen molar-refractivity contribution in [3.05, 3.63) is 29.8 Å². The van der Waals surface area contributed by atoms with Gasteiger partial charge in [0.25, 0.3) is 0 Å². The fourth-order valence-corrected chi connectivity index (χ4v) is 1.83. The van der Waals surface area contributed by atoms with Crippen LogP contribution in [0, 0.1) is 17.2 Å². The fourth-order valence-electron chi connectivity index (χ4n) is 1.83. The van der Waals surface area contributed by atoms with Crippen molar-refractivity contribution in [3.63, 3.8) is 0 Å². The summed E-state index contributed by atoms with van der Waals surface area (Å²) < 4.78 is 5.41. The van der Waals surface area contributed by atoms with Crippen LogP contribution >= 0.6 is 0 Å². The van der Waals surface area contributed by atoms with Crippen molar-refractivity contribution in [2.24, 2.45) is 11.7 Å².